The predicted molar refractivity (Wildman–Crippen MR) is 88.0 cm³/mol. The molecule has 118 valence electrons. The number of hydrogen-bond acceptors (Lipinski definition) is 4. The van der Waals surface area contributed by atoms with E-state index in [1.165, 1.54) is 4.68 Å². The van der Waals surface area contributed by atoms with E-state index in [4.69, 9.17) is 16.1 Å². The van der Waals surface area contributed by atoms with Crippen molar-refractivity contribution in [1.29, 1.82) is 0 Å². The van der Waals surface area contributed by atoms with E-state index < -0.39 is 0 Å². The largest absolute Gasteiger partial charge is 0.360 e. The van der Waals surface area contributed by atoms with Crippen LogP contribution in [0.4, 0.5) is 4.79 Å². The summed E-state index contributed by atoms with van der Waals surface area (Å²) in [5.74, 6) is 0.635. The predicted octanol–water partition coefficient (Wildman–Crippen LogP) is 3.50. The minimum atomic E-state index is -0.310. The van der Waals surface area contributed by atoms with Crippen LogP contribution in [-0.2, 0) is 0 Å². The first-order chi connectivity index (χ1) is 11.1. The Morgan fingerprint density at radius 1 is 1.43 bits per heavy atom. The fraction of sp³-hybridized carbons (Fsp3) is 0.188. The van der Waals surface area contributed by atoms with Crippen molar-refractivity contribution < 1.29 is 9.32 Å². The molecule has 1 amide bonds. The zero-order valence-electron chi connectivity index (χ0n) is 12.7. The molecule has 0 atom stereocenters. The van der Waals surface area contributed by atoms with Gasteiger partial charge in [-0.3, -0.25) is 0 Å². The van der Waals surface area contributed by atoms with Gasteiger partial charge in [-0.1, -0.05) is 35.0 Å². The molecule has 23 heavy (non-hydrogen) atoms. The third-order valence-corrected chi connectivity index (χ3v) is 3.74. The molecule has 2 aromatic rings. The molecular weight excluding hydrogens is 316 g/mol. The second kappa shape index (κ2) is 6.26. The van der Waals surface area contributed by atoms with Crippen LogP contribution in [0.2, 0.25) is 0 Å². The van der Waals surface area contributed by atoms with Gasteiger partial charge < -0.3 is 9.84 Å². The average Bonchev–Trinajstić information content (AvgIpc) is 3.10. The number of aryl methyl sites for hydroxylation is 1. The van der Waals surface area contributed by atoms with Gasteiger partial charge in [0.2, 0.25) is 0 Å². The lowest BCUT2D eigenvalue weighted by atomic mass is 10.0. The Bertz CT molecular complexity index is 842. The smallest absolute Gasteiger partial charge is 0.341 e. The van der Waals surface area contributed by atoms with Crippen LogP contribution >= 0.6 is 11.6 Å². The standard InChI is InChI=1S/C16H15ClN4O2/c1-10-14(13-8-9-21(19-13)16(22)18-2)15(20-23-10)11-4-3-5-12(17)7-6-11/h3-4,6-9H,5H2,1-2H3,(H,18,22). The maximum Gasteiger partial charge on any atom is 0.341 e. The summed E-state index contributed by atoms with van der Waals surface area (Å²) in [7, 11) is 1.55. The molecule has 0 spiro atoms. The van der Waals surface area contributed by atoms with E-state index in [1.807, 2.05) is 31.2 Å². The second-order valence-electron chi connectivity index (χ2n) is 5.01. The van der Waals surface area contributed by atoms with Gasteiger partial charge in [0.25, 0.3) is 0 Å². The lowest BCUT2D eigenvalue weighted by Crippen LogP contribution is -2.24. The molecule has 2 aromatic heterocycles. The fourth-order valence-corrected chi connectivity index (χ4v) is 2.47. The highest BCUT2D eigenvalue weighted by molar-refractivity contribution is 6.29. The number of hydrogen-bond donors (Lipinski definition) is 1. The Kier molecular flexibility index (Phi) is 4.16. The molecule has 0 radical (unpaired) electrons. The van der Waals surface area contributed by atoms with Crippen LogP contribution in [0.25, 0.3) is 16.8 Å². The van der Waals surface area contributed by atoms with Gasteiger partial charge in [0.05, 0.1) is 11.3 Å². The summed E-state index contributed by atoms with van der Waals surface area (Å²) < 4.78 is 6.57. The van der Waals surface area contributed by atoms with Crippen molar-refractivity contribution in [2.75, 3.05) is 7.05 Å². The molecule has 0 aromatic carbocycles. The van der Waals surface area contributed by atoms with Crippen molar-refractivity contribution in [2.24, 2.45) is 0 Å². The molecule has 0 bridgehead atoms. The summed E-state index contributed by atoms with van der Waals surface area (Å²) in [6.07, 6.45) is 9.92. The van der Waals surface area contributed by atoms with Crippen LogP contribution in [0.3, 0.4) is 0 Å². The Labute approximate surface area is 138 Å². The van der Waals surface area contributed by atoms with E-state index in [-0.39, 0.29) is 6.03 Å². The van der Waals surface area contributed by atoms with Gasteiger partial charge in [0.1, 0.15) is 11.5 Å². The number of aromatic nitrogens is 3. The molecule has 7 heteroatoms. The van der Waals surface area contributed by atoms with E-state index in [1.54, 1.807) is 19.3 Å². The number of carbonyl (C=O) groups is 1. The van der Waals surface area contributed by atoms with Gasteiger partial charge in [-0.2, -0.15) is 9.78 Å². The summed E-state index contributed by atoms with van der Waals surface area (Å²) in [5.41, 5.74) is 2.93. The van der Waals surface area contributed by atoms with E-state index in [9.17, 15) is 4.79 Å². The maximum atomic E-state index is 11.7. The Morgan fingerprint density at radius 3 is 3.04 bits per heavy atom. The molecule has 0 unspecified atom stereocenters. The molecule has 6 nitrogen and oxygen atoms in total. The number of allylic oxidation sites excluding steroid dienone is 6. The van der Waals surface area contributed by atoms with Crippen LogP contribution in [0, 0.1) is 6.92 Å². The van der Waals surface area contributed by atoms with Crippen molar-refractivity contribution in [3.63, 3.8) is 0 Å². The van der Waals surface area contributed by atoms with Gasteiger partial charge in [0, 0.05) is 30.3 Å². The first-order valence-electron chi connectivity index (χ1n) is 7.08. The van der Waals surface area contributed by atoms with Crippen LogP contribution < -0.4 is 5.32 Å². The summed E-state index contributed by atoms with van der Waals surface area (Å²) in [5, 5.41) is 11.7. The van der Waals surface area contributed by atoms with Crippen molar-refractivity contribution >= 4 is 23.2 Å². The first-order valence-corrected chi connectivity index (χ1v) is 7.45. The van der Waals surface area contributed by atoms with Crippen LogP contribution in [0.15, 0.2) is 46.1 Å². The van der Waals surface area contributed by atoms with Gasteiger partial charge in [-0.25, -0.2) is 4.79 Å². The molecule has 0 fully saturated rings. The van der Waals surface area contributed by atoms with E-state index in [0.29, 0.717) is 23.6 Å². The number of nitrogens with zero attached hydrogens (tertiary/aromatic N) is 3. The Morgan fingerprint density at radius 2 is 2.26 bits per heavy atom. The molecule has 1 N–H and O–H groups in total. The monoisotopic (exact) mass is 330 g/mol. The van der Waals surface area contributed by atoms with E-state index >= 15 is 0 Å². The SMILES string of the molecule is CNC(=O)n1ccc(-c2c(C3=CC=C(Cl)CC=C3)noc2C)n1. The third-order valence-electron chi connectivity index (χ3n) is 3.46. The van der Waals surface area contributed by atoms with Crippen LogP contribution in [0.5, 0.6) is 0 Å². The first kappa shape index (κ1) is 15.3. The molecular formula is C16H15ClN4O2. The highest BCUT2D eigenvalue weighted by Gasteiger charge is 2.20. The van der Waals surface area contributed by atoms with Gasteiger partial charge in [0.15, 0.2) is 0 Å². The van der Waals surface area contributed by atoms with E-state index in [2.05, 4.69) is 15.6 Å². The number of carbonyl (C=O) groups excluding carboxylic acids is 1. The van der Waals surface area contributed by atoms with Crippen molar-refractivity contribution in [3.8, 4) is 11.3 Å². The molecule has 1 aliphatic rings. The quantitative estimate of drug-likeness (QED) is 0.914. The summed E-state index contributed by atoms with van der Waals surface area (Å²) in [6.45, 7) is 1.81. The zero-order chi connectivity index (χ0) is 16.4. The fourth-order valence-electron chi connectivity index (χ4n) is 2.32. The summed E-state index contributed by atoms with van der Waals surface area (Å²) in [6, 6.07) is 1.44. The Hall–Kier alpha value is -2.60. The number of rotatable bonds is 2. The van der Waals surface area contributed by atoms with Crippen molar-refractivity contribution in [3.05, 3.63) is 53.1 Å². The van der Waals surface area contributed by atoms with Crippen molar-refractivity contribution in [2.45, 2.75) is 13.3 Å². The summed E-state index contributed by atoms with van der Waals surface area (Å²) in [4.78, 5) is 11.7. The van der Waals surface area contributed by atoms with E-state index in [0.717, 1.165) is 16.2 Å². The minimum Gasteiger partial charge on any atom is -0.360 e. The zero-order valence-corrected chi connectivity index (χ0v) is 13.5. The molecule has 0 aliphatic heterocycles. The van der Waals surface area contributed by atoms with Crippen LogP contribution in [-0.4, -0.2) is 28.0 Å². The molecule has 0 saturated heterocycles. The molecule has 0 saturated carbocycles. The number of halogens is 1. The third kappa shape index (κ3) is 2.98. The molecule has 3 rings (SSSR count). The molecule has 1 aliphatic carbocycles. The lowest BCUT2D eigenvalue weighted by Gasteiger charge is -2.00. The highest BCUT2D eigenvalue weighted by atomic mass is 35.5. The minimum absolute atomic E-state index is 0.310. The topological polar surface area (TPSA) is 73.0 Å². The average molecular weight is 331 g/mol. The van der Waals surface area contributed by atoms with Gasteiger partial charge >= 0.3 is 6.03 Å². The Balaban J connectivity index is 2.06. The molecule has 2 heterocycles. The highest BCUT2D eigenvalue weighted by Crippen LogP contribution is 2.32. The van der Waals surface area contributed by atoms with Crippen molar-refractivity contribution in [1.82, 2.24) is 20.3 Å². The van der Waals surface area contributed by atoms with Gasteiger partial charge in [-0.15, -0.1) is 0 Å². The lowest BCUT2D eigenvalue weighted by molar-refractivity contribution is 0.241. The maximum absolute atomic E-state index is 11.7. The number of nitrogens with one attached hydrogen (secondary N) is 1. The van der Waals surface area contributed by atoms with Crippen LogP contribution in [0.1, 0.15) is 17.9 Å². The summed E-state index contributed by atoms with van der Waals surface area (Å²) >= 11 is 6.05. The number of amides is 1. The normalized spacial score (nSPS) is 14.2. The van der Waals surface area contributed by atoms with Gasteiger partial charge in [-0.05, 0) is 19.1 Å². The second-order valence-corrected chi connectivity index (χ2v) is 5.49.